The third-order valence-electron chi connectivity index (χ3n) is 4.60. The molecule has 3 rings (SSSR count). The minimum absolute atomic E-state index is 0.0705. The molecule has 1 aliphatic rings. The molecule has 0 fully saturated rings. The molecular formula is C22H21F3N2O6. The van der Waals surface area contributed by atoms with Crippen molar-refractivity contribution in [3.63, 3.8) is 0 Å². The number of hydrogen-bond acceptors (Lipinski definition) is 6. The van der Waals surface area contributed by atoms with E-state index < -0.39 is 48.8 Å². The summed E-state index contributed by atoms with van der Waals surface area (Å²) in [4.78, 5) is 37.8. The zero-order valence-corrected chi connectivity index (χ0v) is 17.8. The average molecular weight is 466 g/mol. The first-order valence-electron chi connectivity index (χ1n) is 9.96. The van der Waals surface area contributed by atoms with Gasteiger partial charge < -0.3 is 19.5 Å². The smallest absolute Gasteiger partial charge is 0.416 e. The van der Waals surface area contributed by atoms with Gasteiger partial charge in [-0.3, -0.25) is 14.5 Å². The van der Waals surface area contributed by atoms with E-state index >= 15 is 0 Å². The Morgan fingerprint density at radius 1 is 1.09 bits per heavy atom. The molecule has 2 aromatic carbocycles. The molecule has 11 heteroatoms. The Balaban J connectivity index is 1.62. The molecule has 1 heterocycles. The molecule has 0 saturated carbocycles. The van der Waals surface area contributed by atoms with Gasteiger partial charge in [0, 0.05) is 0 Å². The van der Waals surface area contributed by atoms with Crippen LogP contribution in [-0.2, 0) is 25.3 Å². The normalized spacial score (nSPS) is 14.1. The molecule has 33 heavy (non-hydrogen) atoms. The first kappa shape index (κ1) is 23.9. The molecule has 176 valence electrons. The van der Waals surface area contributed by atoms with Crippen molar-refractivity contribution >= 4 is 29.2 Å². The lowest BCUT2D eigenvalue weighted by molar-refractivity contribution is -0.155. The van der Waals surface area contributed by atoms with Gasteiger partial charge in [0.1, 0.15) is 18.0 Å². The molecule has 1 N–H and O–H groups in total. The summed E-state index contributed by atoms with van der Waals surface area (Å²) < 4.78 is 54.6. The molecule has 0 aliphatic carbocycles. The number of benzene rings is 2. The topological polar surface area (TPSA) is 94.2 Å². The Labute approximate surface area is 187 Å². The summed E-state index contributed by atoms with van der Waals surface area (Å²) in [6, 6.07) is 9.17. The molecule has 2 aromatic rings. The minimum Gasteiger partial charge on any atom is -0.494 e. The van der Waals surface area contributed by atoms with Crippen LogP contribution in [0.1, 0.15) is 19.4 Å². The van der Waals surface area contributed by atoms with Gasteiger partial charge in [-0.05, 0) is 56.3 Å². The van der Waals surface area contributed by atoms with E-state index in [4.69, 9.17) is 14.2 Å². The van der Waals surface area contributed by atoms with Crippen molar-refractivity contribution < 1.29 is 41.8 Å². The zero-order chi connectivity index (χ0) is 24.2. The van der Waals surface area contributed by atoms with Crippen molar-refractivity contribution in [2.75, 3.05) is 30.0 Å². The second-order valence-electron chi connectivity index (χ2n) is 7.03. The fraction of sp³-hybridized carbons (Fsp3) is 0.318. The number of anilines is 2. The fourth-order valence-electron chi connectivity index (χ4n) is 3.11. The molecule has 8 nitrogen and oxygen atoms in total. The largest absolute Gasteiger partial charge is 0.494 e. The molecular weight excluding hydrogens is 445 g/mol. The Hall–Kier alpha value is -3.76. The number of ether oxygens (including phenoxy) is 3. The van der Waals surface area contributed by atoms with E-state index in [1.54, 1.807) is 24.3 Å². The molecule has 2 amide bonds. The zero-order valence-electron chi connectivity index (χ0n) is 17.8. The predicted molar refractivity (Wildman–Crippen MR) is 111 cm³/mol. The lowest BCUT2D eigenvalue weighted by Crippen LogP contribution is -2.47. The summed E-state index contributed by atoms with van der Waals surface area (Å²) in [5.74, 6) is -1.25. The minimum atomic E-state index is -4.61. The van der Waals surface area contributed by atoms with E-state index in [0.717, 1.165) is 23.1 Å². The summed E-state index contributed by atoms with van der Waals surface area (Å²) in [6.45, 7) is 2.75. The van der Waals surface area contributed by atoms with Crippen LogP contribution >= 0.6 is 0 Å². The molecule has 1 atom stereocenters. The summed E-state index contributed by atoms with van der Waals surface area (Å²) >= 11 is 0. The number of alkyl halides is 3. The Morgan fingerprint density at radius 3 is 2.33 bits per heavy atom. The summed E-state index contributed by atoms with van der Waals surface area (Å²) in [6.07, 6.45) is -5.92. The monoisotopic (exact) mass is 466 g/mol. The quantitative estimate of drug-likeness (QED) is 0.629. The van der Waals surface area contributed by atoms with E-state index in [1.807, 2.05) is 6.92 Å². The number of esters is 1. The van der Waals surface area contributed by atoms with E-state index in [2.05, 4.69) is 5.32 Å². The van der Waals surface area contributed by atoms with Crippen LogP contribution in [0.5, 0.6) is 11.5 Å². The summed E-state index contributed by atoms with van der Waals surface area (Å²) in [5, 5.41) is 2.32. The van der Waals surface area contributed by atoms with Gasteiger partial charge in [0.15, 0.2) is 12.7 Å². The third kappa shape index (κ3) is 5.93. The van der Waals surface area contributed by atoms with Gasteiger partial charge in [-0.15, -0.1) is 0 Å². The van der Waals surface area contributed by atoms with Gasteiger partial charge in [0.05, 0.1) is 23.5 Å². The number of hydrogen-bond donors (Lipinski definition) is 1. The molecule has 0 radical (unpaired) electrons. The fourth-order valence-corrected chi connectivity index (χ4v) is 3.11. The van der Waals surface area contributed by atoms with Crippen LogP contribution in [0.25, 0.3) is 0 Å². The SMILES string of the molecule is CCOc1ccc(OCC(=O)OC(C)C(=O)N2CC(=O)Nc3cc(C(F)(F)F)ccc32)cc1. The number of amides is 2. The first-order chi connectivity index (χ1) is 15.6. The molecule has 0 aromatic heterocycles. The number of fused-ring (bicyclic) bond motifs is 1. The number of nitrogens with zero attached hydrogens (tertiary/aromatic N) is 1. The van der Waals surface area contributed by atoms with Gasteiger partial charge in [-0.1, -0.05) is 0 Å². The van der Waals surface area contributed by atoms with E-state index in [0.29, 0.717) is 18.1 Å². The van der Waals surface area contributed by atoms with Gasteiger partial charge in [0.2, 0.25) is 5.91 Å². The van der Waals surface area contributed by atoms with Crippen LogP contribution in [0.3, 0.4) is 0 Å². The molecule has 0 saturated heterocycles. The van der Waals surface area contributed by atoms with Crippen LogP contribution in [0.4, 0.5) is 24.5 Å². The van der Waals surface area contributed by atoms with Crippen molar-refractivity contribution in [3.8, 4) is 11.5 Å². The van der Waals surface area contributed by atoms with Gasteiger partial charge in [0.25, 0.3) is 5.91 Å². The Kier molecular flexibility index (Phi) is 7.10. The van der Waals surface area contributed by atoms with Crippen LogP contribution in [0.15, 0.2) is 42.5 Å². The lowest BCUT2D eigenvalue weighted by Gasteiger charge is -2.31. The maximum Gasteiger partial charge on any atom is 0.416 e. The number of carbonyl (C=O) groups excluding carboxylic acids is 3. The van der Waals surface area contributed by atoms with Crippen LogP contribution < -0.4 is 19.7 Å². The maximum atomic E-state index is 13.0. The maximum absolute atomic E-state index is 13.0. The number of carbonyl (C=O) groups is 3. The van der Waals surface area contributed by atoms with Crippen molar-refractivity contribution in [2.45, 2.75) is 26.1 Å². The first-order valence-corrected chi connectivity index (χ1v) is 9.96. The Bertz CT molecular complexity index is 1040. The number of rotatable bonds is 7. The highest BCUT2D eigenvalue weighted by molar-refractivity contribution is 6.11. The van der Waals surface area contributed by atoms with Crippen LogP contribution in [-0.4, -0.2) is 43.6 Å². The van der Waals surface area contributed by atoms with Crippen molar-refractivity contribution in [1.82, 2.24) is 0 Å². The van der Waals surface area contributed by atoms with Crippen molar-refractivity contribution in [2.24, 2.45) is 0 Å². The summed E-state index contributed by atoms with van der Waals surface area (Å²) in [5.41, 5.74) is -1.06. The molecule has 0 spiro atoms. The highest BCUT2D eigenvalue weighted by atomic mass is 19.4. The average Bonchev–Trinajstić information content (AvgIpc) is 2.76. The van der Waals surface area contributed by atoms with E-state index in [-0.39, 0.29) is 11.4 Å². The second-order valence-corrected chi connectivity index (χ2v) is 7.03. The third-order valence-corrected chi connectivity index (χ3v) is 4.60. The van der Waals surface area contributed by atoms with Gasteiger partial charge >= 0.3 is 12.1 Å². The summed E-state index contributed by atoms with van der Waals surface area (Å²) in [7, 11) is 0. The standard InChI is InChI=1S/C22H21F3N2O6/c1-3-31-15-5-7-16(8-6-15)32-12-20(29)33-13(2)21(30)27-11-19(28)26-17-10-14(22(23,24)25)4-9-18(17)27/h4-10,13H,3,11-12H2,1-2H3,(H,26,28). The van der Waals surface area contributed by atoms with E-state index in [9.17, 15) is 27.6 Å². The molecule has 1 unspecified atom stereocenters. The number of halogens is 3. The highest BCUT2D eigenvalue weighted by Gasteiger charge is 2.35. The van der Waals surface area contributed by atoms with Gasteiger partial charge in [-0.2, -0.15) is 13.2 Å². The Morgan fingerprint density at radius 2 is 1.73 bits per heavy atom. The van der Waals surface area contributed by atoms with Crippen molar-refractivity contribution in [1.29, 1.82) is 0 Å². The highest BCUT2D eigenvalue weighted by Crippen LogP contribution is 2.37. The van der Waals surface area contributed by atoms with Crippen molar-refractivity contribution in [3.05, 3.63) is 48.0 Å². The second kappa shape index (κ2) is 9.80. The lowest BCUT2D eigenvalue weighted by atomic mass is 10.1. The van der Waals surface area contributed by atoms with Gasteiger partial charge in [-0.25, -0.2) is 4.79 Å². The van der Waals surface area contributed by atoms with Crippen LogP contribution in [0, 0.1) is 0 Å². The van der Waals surface area contributed by atoms with Crippen LogP contribution in [0.2, 0.25) is 0 Å². The predicted octanol–water partition coefficient (Wildman–Crippen LogP) is 3.40. The molecule has 0 bridgehead atoms. The van der Waals surface area contributed by atoms with E-state index in [1.165, 1.54) is 6.92 Å². The number of nitrogens with one attached hydrogen (secondary N) is 1. The molecule has 1 aliphatic heterocycles.